The van der Waals surface area contributed by atoms with E-state index in [0.29, 0.717) is 0 Å². The van der Waals surface area contributed by atoms with Crippen LogP contribution in [0.3, 0.4) is 0 Å². The SMILES string of the molecule is C=C(CCCCCCCC)NC.CCc1ccc(CN(C)C)cc1.COC. The fourth-order valence-electron chi connectivity index (χ4n) is 2.49. The van der Waals surface area contributed by atoms with Gasteiger partial charge in [0.25, 0.3) is 0 Å². The van der Waals surface area contributed by atoms with Gasteiger partial charge in [0.2, 0.25) is 0 Å². The van der Waals surface area contributed by atoms with E-state index in [2.05, 4.69) is 73.7 Å². The van der Waals surface area contributed by atoms with E-state index in [1.54, 1.807) is 14.2 Å². The molecule has 1 aromatic rings. The molecule has 1 aromatic carbocycles. The standard InChI is InChI=1S/C11H17N.C11H23N.C2H6O/c1-4-10-5-7-11(8-6-10)9-12(2)3;1-4-5-6-7-8-9-10-11(2)12-3;1-3-2/h5-8H,4,9H2,1-3H3;12H,2,4-10H2,1,3H3;1-2H3. The second kappa shape index (κ2) is 21.0. The first kappa shape index (κ1) is 27.9. The summed E-state index contributed by atoms with van der Waals surface area (Å²) in [5, 5.41) is 3.07. The van der Waals surface area contributed by atoms with Gasteiger partial charge < -0.3 is 15.0 Å². The van der Waals surface area contributed by atoms with E-state index in [-0.39, 0.29) is 0 Å². The molecule has 0 saturated carbocycles. The van der Waals surface area contributed by atoms with Gasteiger partial charge in [-0.05, 0) is 44.5 Å². The van der Waals surface area contributed by atoms with Crippen LogP contribution in [0, 0.1) is 0 Å². The summed E-state index contributed by atoms with van der Waals surface area (Å²) in [6.07, 6.45) is 10.5. The van der Waals surface area contributed by atoms with Crippen molar-refractivity contribution in [1.29, 1.82) is 0 Å². The second-order valence-electron chi connectivity index (χ2n) is 7.19. The van der Waals surface area contributed by atoms with Crippen molar-refractivity contribution in [3.8, 4) is 0 Å². The molecule has 0 atom stereocenters. The topological polar surface area (TPSA) is 24.5 Å². The van der Waals surface area contributed by atoms with Crippen LogP contribution in [0.4, 0.5) is 0 Å². The molecule has 3 heteroatoms. The Morgan fingerprint density at radius 3 is 1.85 bits per heavy atom. The number of nitrogens with one attached hydrogen (secondary N) is 1. The Balaban J connectivity index is 0. The zero-order valence-electron chi connectivity index (χ0n) is 19.2. The average molecular weight is 379 g/mol. The van der Waals surface area contributed by atoms with Gasteiger partial charge in [0, 0.05) is 33.5 Å². The minimum absolute atomic E-state index is 1.03. The normalized spacial score (nSPS) is 9.78. The lowest BCUT2D eigenvalue weighted by Crippen LogP contribution is -2.10. The van der Waals surface area contributed by atoms with Gasteiger partial charge in [-0.1, -0.05) is 76.8 Å². The summed E-state index contributed by atoms with van der Waals surface area (Å²) in [5.74, 6) is 0. The van der Waals surface area contributed by atoms with Crippen LogP contribution in [0.5, 0.6) is 0 Å². The maximum absolute atomic E-state index is 4.25. The lowest BCUT2D eigenvalue weighted by atomic mass is 10.1. The van der Waals surface area contributed by atoms with Crippen molar-refractivity contribution < 1.29 is 4.74 Å². The van der Waals surface area contributed by atoms with Crippen molar-refractivity contribution in [3.63, 3.8) is 0 Å². The summed E-state index contributed by atoms with van der Waals surface area (Å²) in [4.78, 5) is 2.18. The summed E-state index contributed by atoms with van der Waals surface area (Å²) in [7, 11) is 9.38. The maximum Gasteiger partial charge on any atom is 0.0351 e. The summed E-state index contributed by atoms with van der Waals surface area (Å²) >= 11 is 0. The van der Waals surface area contributed by atoms with Gasteiger partial charge in [-0.2, -0.15) is 0 Å². The van der Waals surface area contributed by atoms with Crippen LogP contribution in [-0.4, -0.2) is 40.3 Å². The summed E-state index contributed by atoms with van der Waals surface area (Å²) in [5.41, 5.74) is 3.97. The van der Waals surface area contributed by atoms with Crippen LogP contribution in [0.25, 0.3) is 0 Å². The van der Waals surface area contributed by atoms with Gasteiger partial charge in [0.05, 0.1) is 0 Å². The lowest BCUT2D eigenvalue weighted by Gasteiger charge is -2.09. The Hall–Kier alpha value is -1.32. The number of aryl methyl sites for hydroxylation is 1. The molecule has 1 N–H and O–H groups in total. The third kappa shape index (κ3) is 20.8. The van der Waals surface area contributed by atoms with Crippen molar-refractivity contribution in [1.82, 2.24) is 10.2 Å². The Morgan fingerprint density at radius 2 is 1.41 bits per heavy atom. The first-order chi connectivity index (χ1) is 12.9. The Bertz CT molecular complexity index is 427. The van der Waals surface area contributed by atoms with Crippen molar-refractivity contribution in [2.24, 2.45) is 0 Å². The van der Waals surface area contributed by atoms with E-state index < -0.39 is 0 Å². The highest BCUT2D eigenvalue weighted by atomic mass is 16.4. The van der Waals surface area contributed by atoms with Crippen LogP contribution in [0.2, 0.25) is 0 Å². The van der Waals surface area contributed by atoms with E-state index in [4.69, 9.17) is 0 Å². The van der Waals surface area contributed by atoms with Crippen molar-refractivity contribution in [3.05, 3.63) is 47.7 Å². The summed E-state index contributed by atoms with van der Waals surface area (Å²) in [6.45, 7) is 9.36. The Kier molecular flexibility index (Phi) is 21.7. The third-order valence-electron chi connectivity index (χ3n) is 4.12. The molecule has 0 aromatic heterocycles. The molecule has 0 aliphatic rings. The number of unbranched alkanes of at least 4 members (excludes halogenated alkanes) is 5. The summed E-state index contributed by atoms with van der Waals surface area (Å²) in [6, 6.07) is 8.83. The van der Waals surface area contributed by atoms with Gasteiger partial charge in [-0.3, -0.25) is 0 Å². The van der Waals surface area contributed by atoms with Gasteiger partial charge in [0.1, 0.15) is 0 Å². The molecular weight excluding hydrogens is 332 g/mol. The number of ether oxygens (including phenoxy) is 1. The monoisotopic (exact) mass is 378 g/mol. The maximum atomic E-state index is 4.25. The highest BCUT2D eigenvalue weighted by Gasteiger charge is 1.94. The first-order valence-corrected chi connectivity index (χ1v) is 10.4. The van der Waals surface area contributed by atoms with E-state index in [0.717, 1.165) is 19.4 Å². The van der Waals surface area contributed by atoms with Crippen molar-refractivity contribution in [2.75, 3.05) is 35.4 Å². The molecule has 0 spiro atoms. The number of benzene rings is 1. The van der Waals surface area contributed by atoms with Gasteiger partial charge in [0.15, 0.2) is 0 Å². The zero-order chi connectivity index (χ0) is 20.9. The van der Waals surface area contributed by atoms with Gasteiger partial charge >= 0.3 is 0 Å². The highest BCUT2D eigenvalue weighted by molar-refractivity contribution is 5.22. The fourth-order valence-corrected chi connectivity index (χ4v) is 2.49. The number of allylic oxidation sites excluding steroid dienone is 1. The van der Waals surface area contributed by atoms with Crippen LogP contribution < -0.4 is 5.32 Å². The van der Waals surface area contributed by atoms with E-state index in [1.165, 1.54) is 55.3 Å². The Morgan fingerprint density at radius 1 is 0.926 bits per heavy atom. The minimum atomic E-state index is 1.03. The van der Waals surface area contributed by atoms with Gasteiger partial charge in [-0.15, -0.1) is 0 Å². The van der Waals surface area contributed by atoms with E-state index >= 15 is 0 Å². The average Bonchev–Trinajstić information content (AvgIpc) is 2.65. The van der Waals surface area contributed by atoms with Crippen LogP contribution in [-0.2, 0) is 17.7 Å². The molecule has 0 saturated heterocycles. The molecule has 3 nitrogen and oxygen atoms in total. The smallest absolute Gasteiger partial charge is 0.0351 e. The number of hydrogen-bond donors (Lipinski definition) is 1. The first-order valence-electron chi connectivity index (χ1n) is 10.4. The van der Waals surface area contributed by atoms with E-state index in [9.17, 15) is 0 Å². The number of hydrogen-bond acceptors (Lipinski definition) is 3. The van der Waals surface area contributed by atoms with Crippen molar-refractivity contribution in [2.45, 2.75) is 71.8 Å². The quantitative estimate of drug-likeness (QED) is 0.475. The van der Waals surface area contributed by atoms with Crippen LogP contribution in [0.1, 0.15) is 69.9 Å². The molecule has 27 heavy (non-hydrogen) atoms. The molecule has 0 amide bonds. The molecule has 0 unspecified atom stereocenters. The van der Waals surface area contributed by atoms with Crippen LogP contribution >= 0.6 is 0 Å². The molecule has 0 bridgehead atoms. The molecule has 0 aliphatic carbocycles. The summed E-state index contributed by atoms with van der Waals surface area (Å²) < 4.78 is 4.25. The second-order valence-corrected chi connectivity index (χ2v) is 7.19. The lowest BCUT2D eigenvalue weighted by molar-refractivity contribution is 0.277. The molecule has 158 valence electrons. The number of methoxy groups -OCH3 is 1. The molecule has 0 aliphatic heterocycles. The van der Waals surface area contributed by atoms with E-state index in [1.807, 2.05) is 7.05 Å². The third-order valence-corrected chi connectivity index (χ3v) is 4.12. The number of nitrogens with zero attached hydrogens (tertiary/aromatic N) is 1. The molecule has 0 fully saturated rings. The van der Waals surface area contributed by atoms with Crippen LogP contribution in [0.15, 0.2) is 36.5 Å². The largest absolute Gasteiger partial charge is 0.392 e. The molecular formula is C24H46N2O. The molecule has 0 heterocycles. The minimum Gasteiger partial charge on any atom is -0.392 e. The predicted octanol–water partition coefficient (Wildman–Crippen LogP) is 6.04. The van der Waals surface area contributed by atoms with Gasteiger partial charge in [-0.25, -0.2) is 0 Å². The Labute approximate surface area is 170 Å². The highest BCUT2D eigenvalue weighted by Crippen LogP contribution is 2.09. The van der Waals surface area contributed by atoms with Crippen molar-refractivity contribution >= 4 is 0 Å². The molecule has 0 radical (unpaired) electrons. The molecule has 1 rings (SSSR count). The zero-order valence-corrected chi connectivity index (χ0v) is 19.2. The fraction of sp³-hybridized carbons (Fsp3) is 0.667. The number of rotatable bonds is 11. The predicted molar refractivity (Wildman–Crippen MR) is 122 cm³/mol.